The standard InChI is InChI=1S/C44H55N6/c1-10-43(8)37-23-14-13-20-36(37)42-48(40-34(30(3)4)21-16-22-35(40)31(5)6)26-27-49(42)44(43,11-2)25-17-19-33-18-12-15-24-38(33)50-32(7)47(9)39-28-45-29-46-41(39)50/h12-16,18,20-24,26-32H,10-11,17,19,25H2,1-9H3/q+1. The average molecular weight is 668 g/mol. The SMILES string of the molecule is CCC1(C)c2ccccc2-c2n(-c3c(C(C)C)cccc3C(C)C)cc[n+]2C1(CC)CCCc1ccccc1N1c2ncncc2N(C)C1C. The molecule has 0 saturated carbocycles. The van der Waals surface area contributed by atoms with Crippen molar-refractivity contribution in [1.29, 1.82) is 0 Å². The van der Waals surface area contributed by atoms with Crippen LogP contribution in [-0.4, -0.2) is 27.7 Å². The van der Waals surface area contributed by atoms with Gasteiger partial charge < -0.3 is 9.80 Å². The van der Waals surface area contributed by atoms with Crippen molar-refractivity contribution in [2.45, 2.75) is 116 Å². The first-order valence-corrected chi connectivity index (χ1v) is 18.9. The molecule has 6 nitrogen and oxygen atoms in total. The zero-order chi connectivity index (χ0) is 35.4. The van der Waals surface area contributed by atoms with E-state index >= 15 is 0 Å². The summed E-state index contributed by atoms with van der Waals surface area (Å²) in [5.74, 6) is 3.13. The minimum absolute atomic E-state index is 0.0395. The molecular formula is C44H55N6+. The fourth-order valence-electron chi connectivity index (χ4n) is 9.44. The van der Waals surface area contributed by atoms with Crippen LogP contribution in [0.4, 0.5) is 17.2 Å². The van der Waals surface area contributed by atoms with Crippen molar-refractivity contribution in [2.24, 2.45) is 0 Å². The molecule has 7 rings (SSSR count). The number of rotatable bonds is 10. The van der Waals surface area contributed by atoms with Crippen molar-refractivity contribution in [3.63, 3.8) is 0 Å². The average Bonchev–Trinajstić information content (AvgIpc) is 3.68. The van der Waals surface area contributed by atoms with E-state index in [0.717, 1.165) is 43.6 Å². The largest absolute Gasteiger partial charge is 0.350 e. The number of hydrogen-bond donors (Lipinski definition) is 0. The molecule has 2 aliphatic heterocycles. The van der Waals surface area contributed by atoms with Crippen LogP contribution in [-0.2, 0) is 17.4 Å². The maximum Gasteiger partial charge on any atom is 0.294 e. The van der Waals surface area contributed by atoms with E-state index in [4.69, 9.17) is 4.98 Å². The van der Waals surface area contributed by atoms with Crippen molar-refractivity contribution < 1.29 is 4.57 Å². The van der Waals surface area contributed by atoms with Gasteiger partial charge in [-0.15, -0.1) is 0 Å². The monoisotopic (exact) mass is 667 g/mol. The van der Waals surface area contributed by atoms with Crippen LogP contribution in [0.2, 0.25) is 0 Å². The number of hydrogen-bond acceptors (Lipinski definition) is 4. The van der Waals surface area contributed by atoms with Crippen molar-refractivity contribution in [1.82, 2.24) is 14.5 Å². The maximum atomic E-state index is 4.74. The van der Waals surface area contributed by atoms with Crippen LogP contribution >= 0.6 is 0 Å². The number of anilines is 3. The predicted octanol–water partition coefficient (Wildman–Crippen LogP) is 10.2. The number of nitrogens with zero attached hydrogens (tertiary/aromatic N) is 6. The second-order valence-electron chi connectivity index (χ2n) is 15.4. The highest BCUT2D eigenvalue weighted by atomic mass is 15.4. The van der Waals surface area contributed by atoms with Crippen LogP contribution in [0.25, 0.3) is 17.1 Å². The van der Waals surface area contributed by atoms with Gasteiger partial charge in [0.2, 0.25) is 0 Å². The van der Waals surface area contributed by atoms with Crippen LogP contribution in [0.5, 0.6) is 0 Å². The molecule has 0 radical (unpaired) electrons. The van der Waals surface area contributed by atoms with Gasteiger partial charge in [-0.25, -0.2) is 14.5 Å². The number of aryl methyl sites for hydroxylation is 1. The number of aromatic nitrogens is 4. The summed E-state index contributed by atoms with van der Waals surface area (Å²) in [5, 5.41) is 0. The first kappa shape index (κ1) is 34.0. The lowest BCUT2D eigenvalue weighted by Crippen LogP contribution is -2.68. The Bertz CT molecular complexity index is 1980. The third kappa shape index (κ3) is 5.00. The van der Waals surface area contributed by atoms with Crippen LogP contribution in [0.15, 0.2) is 91.6 Å². The molecule has 2 aliphatic rings. The van der Waals surface area contributed by atoms with E-state index < -0.39 is 0 Å². The predicted molar refractivity (Wildman–Crippen MR) is 207 cm³/mol. The zero-order valence-electron chi connectivity index (χ0n) is 31.6. The second-order valence-corrected chi connectivity index (χ2v) is 15.4. The molecule has 0 amide bonds. The Balaban J connectivity index is 1.33. The summed E-state index contributed by atoms with van der Waals surface area (Å²) >= 11 is 0. The number of para-hydroxylation sites is 2. The molecule has 0 fully saturated rings. The first-order chi connectivity index (χ1) is 24.1. The molecule has 0 saturated heterocycles. The number of imidazole rings is 1. The molecule has 3 atom stereocenters. The van der Waals surface area contributed by atoms with Crippen molar-refractivity contribution in [3.05, 3.63) is 114 Å². The quantitative estimate of drug-likeness (QED) is 0.139. The van der Waals surface area contributed by atoms with Crippen LogP contribution in [0, 0.1) is 0 Å². The van der Waals surface area contributed by atoms with Crippen LogP contribution in [0.1, 0.15) is 115 Å². The van der Waals surface area contributed by atoms with E-state index in [2.05, 4.69) is 165 Å². The van der Waals surface area contributed by atoms with Crippen LogP contribution < -0.4 is 14.4 Å². The summed E-state index contributed by atoms with van der Waals surface area (Å²) in [6.45, 7) is 18.9. The van der Waals surface area contributed by atoms with Gasteiger partial charge in [-0.3, -0.25) is 0 Å². The fraction of sp³-hybridized carbons (Fsp3) is 0.432. The Morgan fingerprint density at radius 1 is 0.860 bits per heavy atom. The molecule has 0 bridgehead atoms. The lowest BCUT2D eigenvalue weighted by atomic mass is 9.58. The molecule has 50 heavy (non-hydrogen) atoms. The van der Waals surface area contributed by atoms with Gasteiger partial charge in [0.1, 0.15) is 41.8 Å². The highest BCUT2D eigenvalue weighted by Crippen LogP contribution is 2.53. The maximum absolute atomic E-state index is 4.74. The summed E-state index contributed by atoms with van der Waals surface area (Å²) in [6.07, 6.45) is 13.8. The summed E-state index contributed by atoms with van der Waals surface area (Å²) in [7, 11) is 2.14. The Hall–Kier alpha value is -4.45. The number of benzene rings is 3. The third-order valence-corrected chi connectivity index (χ3v) is 12.4. The smallest absolute Gasteiger partial charge is 0.294 e. The van der Waals surface area contributed by atoms with Gasteiger partial charge >= 0.3 is 0 Å². The van der Waals surface area contributed by atoms with E-state index in [1.54, 1.807) is 6.33 Å². The van der Waals surface area contributed by atoms with Gasteiger partial charge in [-0.1, -0.05) is 103 Å². The van der Waals surface area contributed by atoms with E-state index in [-0.39, 0.29) is 17.1 Å². The molecule has 4 heterocycles. The summed E-state index contributed by atoms with van der Waals surface area (Å²) < 4.78 is 5.25. The van der Waals surface area contributed by atoms with E-state index in [1.165, 1.54) is 45.0 Å². The Morgan fingerprint density at radius 3 is 2.26 bits per heavy atom. The van der Waals surface area contributed by atoms with Crippen LogP contribution in [0.3, 0.4) is 0 Å². The molecule has 3 unspecified atom stereocenters. The minimum atomic E-state index is -0.0998. The normalized spacial score (nSPS) is 21.1. The molecular weight excluding hydrogens is 613 g/mol. The van der Waals surface area contributed by atoms with E-state index in [0.29, 0.717) is 11.8 Å². The fourth-order valence-corrected chi connectivity index (χ4v) is 9.44. The third-order valence-electron chi connectivity index (χ3n) is 12.4. The lowest BCUT2D eigenvalue weighted by Gasteiger charge is -2.50. The molecule has 5 aromatic rings. The summed E-state index contributed by atoms with van der Waals surface area (Å²) in [5.41, 5.74) is 10.6. The van der Waals surface area contributed by atoms with Gasteiger partial charge in [0.05, 0.1) is 11.8 Å². The summed E-state index contributed by atoms with van der Waals surface area (Å²) in [6, 6.07) is 25.1. The lowest BCUT2D eigenvalue weighted by molar-refractivity contribution is -0.769. The topological polar surface area (TPSA) is 41.1 Å². The molecule has 0 N–H and O–H groups in total. The molecule has 0 spiro atoms. The van der Waals surface area contributed by atoms with Gasteiger partial charge in [0.25, 0.3) is 5.82 Å². The zero-order valence-corrected chi connectivity index (χ0v) is 31.6. The molecule has 2 aromatic heterocycles. The van der Waals surface area contributed by atoms with Gasteiger partial charge in [-0.05, 0) is 74.1 Å². The highest BCUT2D eigenvalue weighted by Gasteiger charge is 2.57. The molecule has 260 valence electrons. The summed E-state index contributed by atoms with van der Waals surface area (Å²) in [4.78, 5) is 13.7. The van der Waals surface area contributed by atoms with Gasteiger partial charge in [0, 0.05) is 29.3 Å². The first-order valence-electron chi connectivity index (χ1n) is 18.9. The highest BCUT2D eigenvalue weighted by molar-refractivity contribution is 5.80. The Morgan fingerprint density at radius 2 is 1.56 bits per heavy atom. The van der Waals surface area contributed by atoms with Gasteiger partial charge in [0.15, 0.2) is 5.82 Å². The second kappa shape index (κ2) is 13.0. The number of fused-ring (bicyclic) bond motifs is 4. The minimum Gasteiger partial charge on any atom is -0.350 e. The van der Waals surface area contributed by atoms with Crippen molar-refractivity contribution >= 4 is 17.2 Å². The van der Waals surface area contributed by atoms with E-state index in [9.17, 15) is 0 Å². The Labute approximate surface area is 299 Å². The van der Waals surface area contributed by atoms with E-state index in [1.807, 2.05) is 6.20 Å². The molecule has 0 aliphatic carbocycles. The van der Waals surface area contributed by atoms with Gasteiger partial charge in [-0.2, -0.15) is 4.57 Å². The molecule has 6 heteroatoms. The molecule has 3 aromatic carbocycles. The Kier molecular flexibility index (Phi) is 8.86. The van der Waals surface area contributed by atoms with Crippen molar-refractivity contribution in [2.75, 3.05) is 16.8 Å². The van der Waals surface area contributed by atoms with Crippen molar-refractivity contribution in [3.8, 4) is 17.1 Å².